The van der Waals surface area contributed by atoms with E-state index >= 15 is 0 Å². The number of ether oxygens (including phenoxy) is 1. The Bertz CT molecular complexity index is 1000. The maximum atomic E-state index is 6.50. The van der Waals surface area contributed by atoms with Gasteiger partial charge in [0.15, 0.2) is 5.65 Å². The van der Waals surface area contributed by atoms with Gasteiger partial charge in [-0.3, -0.25) is 0 Å². The molecule has 1 aliphatic carbocycles. The van der Waals surface area contributed by atoms with E-state index in [0.29, 0.717) is 18.3 Å². The number of nitrogens with two attached hydrogens (primary N) is 2. The van der Waals surface area contributed by atoms with Gasteiger partial charge in [0.1, 0.15) is 11.6 Å². The van der Waals surface area contributed by atoms with Crippen LogP contribution in [0.4, 0.5) is 17.2 Å². The Morgan fingerprint density at radius 1 is 1.14 bits per heavy atom. The number of nitrogen functional groups attached to an aromatic ring is 1. The van der Waals surface area contributed by atoms with Gasteiger partial charge in [0.25, 0.3) is 0 Å². The van der Waals surface area contributed by atoms with Crippen molar-refractivity contribution in [1.29, 1.82) is 0 Å². The average molecular weight is 395 g/mol. The molecule has 7 heteroatoms. The highest BCUT2D eigenvalue weighted by Crippen LogP contribution is 2.41. The highest BCUT2D eigenvalue weighted by atomic mass is 16.5. The van der Waals surface area contributed by atoms with Gasteiger partial charge in [0.2, 0.25) is 0 Å². The number of rotatable bonds is 5. The van der Waals surface area contributed by atoms with Crippen LogP contribution < -0.4 is 21.5 Å². The van der Waals surface area contributed by atoms with Gasteiger partial charge in [0, 0.05) is 17.3 Å². The maximum absolute atomic E-state index is 6.50. The Labute approximate surface area is 171 Å². The average Bonchev–Trinajstić information content (AvgIpc) is 2.99. The molecule has 5 N–H and O–H groups in total. The normalized spacial score (nSPS) is 19.4. The summed E-state index contributed by atoms with van der Waals surface area (Å²) in [7, 11) is 0. The molecule has 1 aromatic carbocycles. The van der Waals surface area contributed by atoms with Crippen LogP contribution in [0.3, 0.4) is 0 Å². The first-order valence-corrected chi connectivity index (χ1v) is 10.4. The molecule has 0 radical (unpaired) electrons. The van der Waals surface area contributed by atoms with Crippen LogP contribution in [0.1, 0.15) is 55.5 Å². The van der Waals surface area contributed by atoms with Crippen molar-refractivity contribution in [2.24, 2.45) is 5.73 Å². The van der Waals surface area contributed by atoms with Crippen LogP contribution in [-0.4, -0.2) is 27.2 Å². The van der Waals surface area contributed by atoms with Crippen molar-refractivity contribution in [3.05, 3.63) is 41.2 Å². The van der Waals surface area contributed by atoms with Gasteiger partial charge in [-0.15, -0.1) is 5.10 Å². The standard InChI is InChI=1S/C22H30N6O/c1-4-29-18-11-9-17(10-12-18)26-20-19(15-5-7-16(23)8-6-15)21(24)27-28-14(3)13(2)25-22(20)28/h9-12,15-16,26H,4-8,23H2,1-3H3,(H2,24,27)/t15-,16-. The van der Waals surface area contributed by atoms with Crippen LogP contribution in [0, 0.1) is 13.8 Å². The summed E-state index contributed by atoms with van der Waals surface area (Å²) in [6.45, 7) is 6.64. The summed E-state index contributed by atoms with van der Waals surface area (Å²) in [5.41, 5.74) is 18.4. The Hall–Kier alpha value is -2.80. The van der Waals surface area contributed by atoms with Crippen molar-refractivity contribution in [3.8, 4) is 5.75 Å². The van der Waals surface area contributed by atoms with Crippen molar-refractivity contribution >= 4 is 22.8 Å². The number of hydrogen-bond acceptors (Lipinski definition) is 6. The number of anilines is 3. The lowest BCUT2D eigenvalue weighted by molar-refractivity contribution is 0.340. The summed E-state index contributed by atoms with van der Waals surface area (Å²) in [6.07, 6.45) is 4.04. The number of aromatic nitrogens is 3. The molecule has 0 unspecified atom stereocenters. The Morgan fingerprint density at radius 2 is 1.83 bits per heavy atom. The van der Waals surface area contributed by atoms with E-state index in [4.69, 9.17) is 21.2 Å². The molecular weight excluding hydrogens is 364 g/mol. The molecule has 7 nitrogen and oxygen atoms in total. The van der Waals surface area contributed by atoms with Crippen molar-refractivity contribution < 1.29 is 4.74 Å². The minimum atomic E-state index is 0.280. The minimum absolute atomic E-state index is 0.280. The van der Waals surface area contributed by atoms with Gasteiger partial charge in [-0.2, -0.15) is 0 Å². The molecule has 1 aliphatic rings. The summed E-state index contributed by atoms with van der Waals surface area (Å²) >= 11 is 0. The summed E-state index contributed by atoms with van der Waals surface area (Å²) in [6, 6.07) is 8.25. The molecule has 0 saturated heterocycles. The number of imidazole rings is 1. The number of fused-ring (bicyclic) bond motifs is 1. The van der Waals surface area contributed by atoms with E-state index in [1.54, 1.807) is 0 Å². The number of hydrogen-bond donors (Lipinski definition) is 3. The smallest absolute Gasteiger partial charge is 0.178 e. The van der Waals surface area contributed by atoms with Gasteiger partial charge in [-0.1, -0.05) is 0 Å². The first-order valence-electron chi connectivity index (χ1n) is 10.4. The topological polar surface area (TPSA) is 103 Å². The number of benzene rings is 1. The molecule has 29 heavy (non-hydrogen) atoms. The zero-order valence-electron chi connectivity index (χ0n) is 17.4. The molecule has 4 rings (SSSR count). The lowest BCUT2D eigenvalue weighted by atomic mass is 9.81. The van der Waals surface area contributed by atoms with Gasteiger partial charge in [-0.25, -0.2) is 9.50 Å². The molecule has 2 heterocycles. The highest BCUT2D eigenvalue weighted by Gasteiger charge is 2.28. The molecule has 1 saturated carbocycles. The van der Waals surface area contributed by atoms with E-state index in [-0.39, 0.29) is 6.04 Å². The molecule has 1 fully saturated rings. The van der Waals surface area contributed by atoms with Crippen molar-refractivity contribution in [2.45, 2.75) is 58.4 Å². The predicted octanol–water partition coefficient (Wildman–Crippen LogP) is 4.06. The van der Waals surface area contributed by atoms with Crippen LogP contribution in [-0.2, 0) is 0 Å². The minimum Gasteiger partial charge on any atom is -0.494 e. The molecule has 0 amide bonds. The molecule has 0 aliphatic heterocycles. The van der Waals surface area contributed by atoms with Crippen molar-refractivity contribution in [3.63, 3.8) is 0 Å². The maximum Gasteiger partial charge on any atom is 0.178 e. The number of nitrogens with one attached hydrogen (secondary N) is 1. The van der Waals surface area contributed by atoms with Gasteiger partial charge in [0.05, 0.1) is 23.7 Å². The van der Waals surface area contributed by atoms with Crippen molar-refractivity contribution in [1.82, 2.24) is 14.6 Å². The molecule has 3 aromatic rings. The quantitative estimate of drug-likeness (QED) is 0.603. The van der Waals surface area contributed by atoms with E-state index in [1.165, 1.54) is 0 Å². The van der Waals surface area contributed by atoms with Gasteiger partial charge in [-0.05, 0) is 76.6 Å². The molecule has 0 spiro atoms. The summed E-state index contributed by atoms with van der Waals surface area (Å²) < 4.78 is 7.41. The van der Waals surface area contributed by atoms with Gasteiger partial charge < -0.3 is 21.5 Å². The number of aryl methyl sites for hydroxylation is 2. The van der Waals surface area contributed by atoms with Crippen LogP contribution in [0.2, 0.25) is 0 Å². The first kappa shape index (κ1) is 19.5. The molecule has 154 valence electrons. The van der Waals surface area contributed by atoms with E-state index in [0.717, 1.165) is 65.4 Å². The summed E-state index contributed by atoms with van der Waals surface area (Å²) in [5.74, 6) is 1.74. The van der Waals surface area contributed by atoms with E-state index in [9.17, 15) is 0 Å². The SMILES string of the molecule is CCOc1ccc(Nc2c3nc(C)c(C)n3nc(N)c2[C@H]2CC[C@H](N)CC2)cc1. The Balaban J connectivity index is 1.80. The third kappa shape index (κ3) is 3.74. The monoisotopic (exact) mass is 394 g/mol. The van der Waals surface area contributed by atoms with Crippen LogP contribution in [0.5, 0.6) is 5.75 Å². The van der Waals surface area contributed by atoms with Crippen molar-refractivity contribution in [2.75, 3.05) is 17.7 Å². The lowest BCUT2D eigenvalue weighted by Crippen LogP contribution is -2.26. The third-order valence-electron chi connectivity index (χ3n) is 5.91. The zero-order chi connectivity index (χ0) is 20.5. The Morgan fingerprint density at radius 3 is 2.48 bits per heavy atom. The van der Waals surface area contributed by atoms with E-state index in [2.05, 4.69) is 10.4 Å². The summed E-state index contributed by atoms with van der Waals surface area (Å²) in [4.78, 5) is 4.80. The fourth-order valence-electron chi connectivity index (χ4n) is 4.18. The largest absolute Gasteiger partial charge is 0.494 e. The third-order valence-corrected chi connectivity index (χ3v) is 5.91. The molecular formula is C22H30N6O. The van der Waals surface area contributed by atoms with Gasteiger partial charge >= 0.3 is 0 Å². The molecule has 0 atom stereocenters. The van der Waals surface area contributed by atoms with Crippen LogP contribution >= 0.6 is 0 Å². The Kier molecular flexibility index (Phi) is 5.32. The number of nitrogens with zero attached hydrogens (tertiary/aromatic N) is 3. The second-order valence-electron chi connectivity index (χ2n) is 7.89. The predicted molar refractivity (Wildman–Crippen MR) is 117 cm³/mol. The molecule has 0 bridgehead atoms. The molecule has 2 aromatic heterocycles. The fraction of sp³-hybridized carbons (Fsp3) is 0.455. The first-order chi connectivity index (χ1) is 14.0. The highest BCUT2D eigenvalue weighted by molar-refractivity contribution is 5.81. The zero-order valence-corrected chi connectivity index (χ0v) is 17.4. The second-order valence-corrected chi connectivity index (χ2v) is 7.89. The lowest BCUT2D eigenvalue weighted by Gasteiger charge is -2.29. The van der Waals surface area contributed by atoms with Crippen LogP contribution in [0.15, 0.2) is 24.3 Å². The summed E-state index contributed by atoms with van der Waals surface area (Å²) in [5, 5.41) is 8.26. The second kappa shape index (κ2) is 7.91. The fourth-order valence-corrected chi connectivity index (χ4v) is 4.18. The van der Waals surface area contributed by atoms with E-state index in [1.807, 2.05) is 49.6 Å². The van der Waals surface area contributed by atoms with Crippen LogP contribution in [0.25, 0.3) is 5.65 Å². The van der Waals surface area contributed by atoms with E-state index < -0.39 is 0 Å².